The summed E-state index contributed by atoms with van der Waals surface area (Å²) >= 11 is 0. The number of ether oxygens (including phenoxy) is 1. The topological polar surface area (TPSA) is 112 Å². The molecule has 1 rings (SSSR count). The molecule has 1 aliphatic rings. The summed E-state index contributed by atoms with van der Waals surface area (Å²) in [5.41, 5.74) is -0.515. The number of likely N-dealkylation sites (tertiary alicyclic amines) is 1. The van der Waals surface area contributed by atoms with Crippen LogP contribution >= 0.6 is 24.0 Å². The SMILES string of the molecule is CCS(=O)(=O)NCCCNC(=NC)N1CCC(NC(=O)OC(C)(C)C)C1.I. The minimum Gasteiger partial charge on any atom is -0.444 e. The number of sulfonamides is 1. The first-order chi connectivity index (χ1) is 12.1. The van der Waals surface area contributed by atoms with Gasteiger partial charge in [0.2, 0.25) is 10.0 Å². The fourth-order valence-corrected chi connectivity index (χ4v) is 3.15. The maximum absolute atomic E-state index is 11.9. The quantitative estimate of drug-likeness (QED) is 0.201. The molecule has 0 aliphatic carbocycles. The first kappa shape index (κ1) is 26.2. The molecule has 1 fully saturated rings. The predicted molar refractivity (Wildman–Crippen MR) is 118 cm³/mol. The van der Waals surface area contributed by atoms with E-state index in [-0.39, 0.29) is 35.8 Å². The smallest absolute Gasteiger partial charge is 0.407 e. The van der Waals surface area contributed by atoms with Gasteiger partial charge in [-0.25, -0.2) is 17.9 Å². The van der Waals surface area contributed by atoms with E-state index in [1.807, 2.05) is 20.8 Å². The van der Waals surface area contributed by atoms with E-state index in [0.717, 1.165) is 18.9 Å². The van der Waals surface area contributed by atoms with E-state index in [2.05, 4.69) is 25.2 Å². The van der Waals surface area contributed by atoms with Crippen LogP contribution in [0.4, 0.5) is 4.79 Å². The fraction of sp³-hybridized carbons (Fsp3) is 0.875. The molecule has 0 aromatic rings. The Morgan fingerprint density at radius 2 is 1.96 bits per heavy atom. The van der Waals surface area contributed by atoms with Crippen LogP contribution in [0.1, 0.15) is 40.5 Å². The van der Waals surface area contributed by atoms with Crippen molar-refractivity contribution in [3.8, 4) is 0 Å². The first-order valence-electron chi connectivity index (χ1n) is 8.98. The number of halogens is 1. The maximum atomic E-state index is 11.9. The van der Waals surface area contributed by atoms with Crippen molar-refractivity contribution in [3.63, 3.8) is 0 Å². The molecule has 1 heterocycles. The molecule has 11 heteroatoms. The summed E-state index contributed by atoms with van der Waals surface area (Å²) in [7, 11) is -1.44. The van der Waals surface area contributed by atoms with Crippen molar-refractivity contribution >= 4 is 46.1 Å². The molecular formula is C16H34IN5O4S. The van der Waals surface area contributed by atoms with Crippen molar-refractivity contribution in [2.45, 2.75) is 52.2 Å². The lowest BCUT2D eigenvalue weighted by Gasteiger charge is -2.23. The summed E-state index contributed by atoms with van der Waals surface area (Å²) in [5, 5.41) is 6.11. The van der Waals surface area contributed by atoms with E-state index >= 15 is 0 Å². The van der Waals surface area contributed by atoms with Crippen LogP contribution in [0.25, 0.3) is 0 Å². The van der Waals surface area contributed by atoms with Crippen molar-refractivity contribution in [2.24, 2.45) is 4.99 Å². The number of hydrogen-bond donors (Lipinski definition) is 3. The molecule has 0 bridgehead atoms. The zero-order valence-electron chi connectivity index (χ0n) is 16.9. The molecular weight excluding hydrogens is 485 g/mol. The van der Waals surface area contributed by atoms with Crippen LogP contribution < -0.4 is 15.4 Å². The number of rotatable bonds is 7. The molecule has 160 valence electrons. The molecule has 0 radical (unpaired) electrons. The van der Waals surface area contributed by atoms with E-state index in [9.17, 15) is 13.2 Å². The van der Waals surface area contributed by atoms with E-state index < -0.39 is 21.7 Å². The molecule has 1 unspecified atom stereocenters. The highest BCUT2D eigenvalue weighted by Gasteiger charge is 2.27. The lowest BCUT2D eigenvalue weighted by Crippen LogP contribution is -2.44. The Morgan fingerprint density at radius 1 is 1.30 bits per heavy atom. The summed E-state index contributed by atoms with van der Waals surface area (Å²) in [5.74, 6) is 0.832. The van der Waals surface area contributed by atoms with Crippen LogP contribution in [0, 0.1) is 0 Å². The number of aliphatic imine (C=N–C) groups is 1. The van der Waals surface area contributed by atoms with Crippen LogP contribution in [-0.2, 0) is 14.8 Å². The molecule has 1 amide bonds. The van der Waals surface area contributed by atoms with Gasteiger partial charge < -0.3 is 20.3 Å². The number of nitrogens with zero attached hydrogens (tertiary/aromatic N) is 2. The standard InChI is InChI=1S/C16H33N5O4S.HI/c1-6-26(23,24)19-10-7-9-18-14(17-5)21-11-8-13(12-21)20-15(22)25-16(2,3)4;/h13,19H,6-12H2,1-5H3,(H,17,18)(H,20,22);1H. The molecule has 0 aromatic carbocycles. The van der Waals surface area contributed by atoms with Crippen molar-refractivity contribution in [1.29, 1.82) is 0 Å². The predicted octanol–water partition coefficient (Wildman–Crippen LogP) is 1.11. The van der Waals surface area contributed by atoms with Crippen LogP contribution in [0.15, 0.2) is 4.99 Å². The molecule has 1 saturated heterocycles. The zero-order chi connectivity index (χ0) is 19.8. The molecule has 0 aromatic heterocycles. The molecule has 1 aliphatic heterocycles. The number of carbonyl (C=O) groups is 1. The third kappa shape index (κ3) is 10.9. The molecule has 0 spiro atoms. The second-order valence-corrected chi connectivity index (χ2v) is 9.30. The van der Waals surface area contributed by atoms with Crippen LogP contribution in [0.5, 0.6) is 0 Å². The lowest BCUT2D eigenvalue weighted by molar-refractivity contribution is 0.0507. The summed E-state index contributed by atoms with van der Waals surface area (Å²) in [6.07, 6.45) is 1.07. The van der Waals surface area contributed by atoms with E-state index in [1.54, 1.807) is 14.0 Å². The normalized spacial score (nSPS) is 18.0. The van der Waals surface area contributed by atoms with E-state index in [0.29, 0.717) is 26.1 Å². The Hall–Kier alpha value is -0.820. The average molecular weight is 519 g/mol. The fourth-order valence-electron chi connectivity index (χ4n) is 2.50. The minimum absolute atomic E-state index is 0. The van der Waals surface area contributed by atoms with E-state index in [1.165, 1.54) is 0 Å². The number of hydrogen-bond acceptors (Lipinski definition) is 5. The van der Waals surface area contributed by atoms with Crippen molar-refractivity contribution in [1.82, 2.24) is 20.3 Å². The van der Waals surface area contributed by atoms with Gasteiger partial charge in [-0.2, -0.15) is 0 Å². The number of carbonyl (C=O) groups excluding carboxylic acids is 1. The zero-order valence-corrected chi connectivity index (χ0v) is 20.0. The highest BCUT2D eigenvalue weighted by atomic mass is 127. The number of amides is 1. The summed E-state index contributed by atoms with van der Waals surface area (Å²) < 4.78 is 30.5. The maximum Gasteiger partial charge on any atom is 0.407 e. The largest absolute Gasteiger partial charge is 0.444 e. The van der Waals surface area contributed by atoms with Gasteiger partial charge in [-0.05, 0) is 40.5 Å². The van der Waals surface area contributed by atoms with Crippen molar-refractivity contribution in [2.75, 3.05) is 39.0 Å². The Morgan fingerprint density at radius 3 is 2.52 bits per heavy atom. The molecule has 0 saturated carbocycles. The Balaban J connectivity index is 0.00000676. The van der Waals surface area contributed by atoms with Gasteiger partial charge in [0, 0.05) is 33.2 Å². The van der Waals surface area contributed by atoms with Gasteiger partial charge in [0.15, 0.2) is 5.96 Å². The Kier molecular flexibility index (Phi) is 11.5. The summed E-state index contributed by atoms with van der Waals surface area (Å²) in [4.78, 5) is 18.2. The molecule has 3 N–H and O–H groups in total. The third-order valence-electron chi connectivity index (χ3n) is 3.76. The first-order valence-corrected chi connectivity index (χ1v) is 10.6. The van der Waals surface area contributed by atoms with Crippen LogP contribution in [0.2, 0.25) is 0 Å². The minimum atomic E-state index is -3.14. The summed E-state index contributed by atoms with van der Waals surface area (Å²) in [6.45, 7) is 9.55. The second kappa shape index (κ2) is 11.9. The van der Waals surface area contributed by atoms with Crippen LogP contribution in [0.3, 0.4) is 0 Å². The van der Waals surface area contributed by atoms with E-state index in [4.69, 9.17) is 4.74 Å². The molecule has 1 atom stereocenters. The Labute approximate surface area is 180 Å². The highest BCUT2D eigenvalue weighted by Crippen LogP contribution is 2.11. The van der Waals surface area contributed by atoms with Gasteiger partial charge in [-0.15, -0.1) is 24.0 Å². The number of alkyl carbamates (subject to hydrolysis) is 1. The highest BCUT2D eigenvalue weighted by molar-refractivity contribution is 14.0. The number of nitrogens with one attached hydrogen (secondary N) is 3. The monoisotopic (exact) mass is 519 g/mol. The van der Waals surface area contributed by atoms with Gasteiger partial charge in [0.25, 0.3) is 0 Å². The average Bonchev–Trinajstić information content (AvgIpc) is 2.97. The van der Waals surface area contributed by atoms with Crippen molar-refractivity contribution < 1.29 is 17.9 Å². The van der Waals surface area contributed by atoms with Gasteiger partial charge in [-0.3, -0.25) is 4.99 Å². The van der Waals surface area contributed by atoms with Gasteiger partial charge in [0.1, 0.15) is 5.60 Å². The van der Waals surface area contributed by atoms with Gasteiger partial charge in [0.05, 0.1) is 11.8 Å². The van der Waals surface area contributed by atoms with Crippen LogP contribution in [-0.4, -0.2) is 76.0 Å². The molecule has 27 heavy (non-hydrogen) atoms. The van der Waals surface area contributed by atoms with Crippen molar-refractivity contribution in [3.05, 3.63) is 0 Å². The lowest BCUT2D eigenvalue weighted by atomic mass is 10.2. The molecule has 9 nitrogen and oxygen atoms in total. The second-order valence-electron chi connectivity index (χ2n) is 7.20. The summed E-state index contributed by atoms with van der Waals surface area (Å²) in [6, 6.07) is 0.0137. The number of guanidine groups is 1. The Bertz CT molecular complexity index is 592. The third-order valence-corrected chi connectivity index (χ3v) is 5.16. The van der Waals surface area contributed by atoms with Gasteiger partial charge >= 0.3 is 6.09 Å². The van der Waals surface area contributed by atoms with Gasteiger partial charge in [-0.1, -0.05) is 0 Å².